The molecule has 1 saturated carbocycles. The number of hydrogen-bond donors (Lipinski definition) is 2. The van der Waals surface area contributed by atoms with E-state index in [2.05, 4.69) is 29.0 Å². The largest absolute Gasteiger partial charge is 0.506 e. The third-order valence-electron chi connectivity index (χ3n) is 6.92. The van der Waals surface area contributed by atoms with Crippen molar-refractivity contribution in [2.75, 3.05) is 19.7 Å². The molecule has 0 bridgehead atoms. The molecular weight excluding hydrogens is 408 g/mol. The fraction of sp³-hybridized carbons (Fsp3) is 0.625. The van der Waals surface area contributed by atoms with Crippen LogP contribution in [0, 0.1) is 5.92 Å². The molecule has 174 valence electrons. The van der Waals surface area contributed by atoms with Gasteiger partial charge < -0.3 is 15.2 Å². The van der Waals surface area contributed by atoms with Gasteiger partial charge in [0.05, 0.1) is 18.1 Å². The van der Waals surface area contributed by atoms with Gasteiger partial charge in [-0.25, -0.2) is 4.98 Å². The number of morpholine rings is 1. The van der Waals surface area contributed by atoms with Crippen molar-refractivity contribution in [1.29, 1.82) is 0 Å². The van der Waals surface area contributed by atoms with E-state index in [1.54, 1.807) is 18.3 Å². The summed E-state index contributed by atoms with van der Waals surface area (Å²) in [5.41, 5.74) is -0.288. The van der Waals surface area contributed by atoms with Crippen molar-refractivity contribution in [1.82, 2.24) is 19.8 Å². The van der Waals surface area contributed by atoms with Gasteiger partial charge in [-0.3, -0.25) is 19.1 Å². The van der Waals surface area contributed by atoms with Crippen molar-refractivity contribution in [3.63, 3.8) is 0 Å². The molecule has 2 fully saturated rings. The van der Waals surface area contributed by atoms with Gasteiger partial charge in [-0.05, 0) is 57.6 Å². The third kappa shape index (κ3) is 4.66. The summed E-state index contributed by atoms with van der Waals surface area (Å²) in [5.74, 6) is -0.130. The van der Waals surface area contributed by atoms with Gasteiger partial charge in [-0.15, -0.1) is 0 Å². The summed E-state index contributed by atoms with van der Waals surface area (Å²) < 4.78 is 7.23. The van der Waals surface area contributed by atoms with Gasteiger partial charge in [0.15, 0.2) is 0 Å². The second kappa shape index (κ2) is 9.58. The molecule has 1 aliphatic heterocycles. The maximum atomic E-state index is 13.4. The molecule has 2 N–H and O–H groups in total. The zero-order valence-corrected chi connectivity index (χ0v) is 19.2. The molecule has 1 amide bonds. The highest BCUT2D eigenvalue weighted by Crippen LogP contribution is 2.27. The minimum absolute atomic E-state index is 0.0335. The van der Waals surface area contributed by atoms with Gasteiger partial charge in [0.1, 0.15) is 17.0 Å². The number of fused-ring (bicyclic) bond motifs is 1. The van der Waals surface area contributed by atoms with Crippen LogP contribution in [-0.4, -0.2) is 63.3 Å². The summed E-state index contributed by atoms with van der Waals surface area (Å²) >= 11 is 0. The number of nitrogens with one attached hydrogen (secondary N) is 1. The predicted octanol–water partition coefficient (Wildman–Crippen LogP) is 2.52. The first-order valence-corrected chi connectivity index (χ1v) is 11.7. The number of ether oxygens (including phenoxy) is 1. The molecule has 2 aromatic heterocycles. The average molecular weight is 443 g/mol. The van der Waals surface area contributed by atoms with E-state index in [-0.39, 0.29) is 29.5 Å². The average Bonchev–Trinajstić information content (AvgIpc) is 2.77. The molecule has 8 heteroatoms. The lowest BCUT2D eigenvalue weighted by Crippen LogP contribution is -2.49. The second-order valence-corrected chi connectivity index (χ2v) is 9.47. The highest BCUT2D eigenvalue weighted by atomic mass is 16.5. The van der Waals surface area contributed by atoms with Crippen molar-refractivity contribution >= 4 is 16.9 Å². The fourth-order valence-electron chi connectivity index (χ4n) is 4.85. The molecule has 8 nitrogen and oxygen atoms in total. The molecular formula is C24H34N4O4. The lowest BCUT2D eigenvalue weighted by Gasteiger charge is -2.36. The molecule has 2 aliphatic rings. The van der Waals surface area contributed by atoms with E-state index in [9.17, 15) is 14.7 Å². The smallest absolute Gasteiger partial charge is 0.268 e. The van der Waals surface area contributed by atoms with Crippen LogP contribution in [-0.2, 0) is 11.3 Å². The maximum absolute atomic E-state index is 13.4. The molecule has 0 radical (unpaired) electrons. The number of aromatic hydroxyl groups is 1. The second-order valence-electron chi connectivity index (χ2n) is 9.47. The van der Waals surface area contributed by atoms with Crippen LogP contribution in [0.1, 0.15) is 56.8 Å². The number of carbonyl (C=O) groups excluding carboxylic acids is 1. The Morgan fingerprint density at radius 3 is 2.72 bits per heavy atom. The van der Waals surface area contributed by atoms with Crippen LogP contribution in [0.25, 0.3) is 11.0 Å². The Bertz CT molecular complexity index is 1030. The topological polar surface area (TPSA) is 96.7 Å². The Morgan fingerprint density at radius 2 is 1.97 bits per heavy atom. The molecule has 2 aromatic rings. The van der Waals surface area contributed by atoms with Crippen LogP contribution in [0.15, 0.2) is 23.1 Å². The first-order valence-electron chi connectivity index (χ1n) is 11.7. The molecule has 0 aromatic carbocycles. The number of rotatable bonds is 5. The molecule has 2 atom stereocenters. The minimum atomic E-state index is -0.500. The summed E-state index contributed by atoms with van der Waals surface area (Å²) in [5, 5.41) is 14.3. The summed E-state index contributed by atoms with van der Waals surface area (Å²) in [4.78, 5) is 33.2. The van der Waals surface area contributed by atoms with Gasteiger partial charge in [-0.2, -0.15) is 0 Å². The Morgan fingerprint density at radius 1 is 1.22 bits per heavy atom. The quantitative estimate of drug-likeness (QED) is 0.739. The normalized spacial score (nSPS) is 26.8. The van der Waals surface area contributed by atoms with Gasteiger partial charge in [0.2, 0.25) is 0 Å². The molecule has 0 unspecified atom stereocenters. The van der Waals surface area contributed by atoms with Crippen LogP contribution in [0.3, 0.4) is 0 Å². The molecule has 32 heavy (non-hydrogen) atoms. The summed E-state index contributed by atoms with van der Waals surface area (Å²) in [6.07, 6.45) is 5.63. The van der Waals surface area contributed by atoms with E-state index in [1.165, 1.54) is 4.57 Å². The van der Waals surface area contributed by atoms with Crippen molar-refractivity contribution in [3.05, 3.63) is 34.2 Å². The van der Waals surface area contributed by atoms with E-state index in [0.29, 0.717) is 36.6 Å². The zero-order chi connectivity index (χ0) is 22.8. The van der Waals surface area contributed by atoms with Gasteiger partial charge in [-0.1, -0.05) is 6.92 Å². The number of carbonyl (C=O) groups is 1. The third-order valence-corrected chi connectivity index (χ3v) is 6.92. The molecule has 1 aliphatic carbocycles. The highest BCUT2D eigenvalue weighted by molar-refractivity contribution is 6.01. The number of nitrogens with zero attached hydrogens (tertiary/aromatic N) is 3. The first kappa shape index (κ1) is 22.7. The first-order chi connectivity index (χ1) is 15.3. The Balaban J connectivity index is 1.63. The predicted molar refractivity (Wildman–Crippen MR) is 123 cm³/mol. The molecule has 3 heterocycles. The standard InChI is InChI=1S/C24H34N4O4/c1-15-6-8-18(9-7-15)26-23(30)20-21(29)19-5-4-10-25-22(19)28(24(20)31)12-11-27-13-17(3)32-14-16(27)2/h4-5,10,15-18,29H,6-9,11-14H2,1-3H3,(H,26,30)/t15-,16-,17+,18+/m1/s1. The molecule has 0 spiro atoms. The minimum Gasteiger partial charge on any atom is -0.506 e. The maximum Gasteiger partial charge on any atom is 0.268 e. The lowest BCUT2D eigenvalue weighted by atomic mass is 9.87. The van der Waals surface area contributed by atoms with E-state index in [0.717, 1.165) is 32.2 Å². The van der Waals surface area contributed by atoms with Crippen molar-refractivity contribution in [3.8, 4) is 5.75 Å². The van der Waals surface area contributed by atoms with Crippen molar-refractivity contribution < 1.29 is 14.6 Å². The van der Waals surface area contributed by atoms with E-state index < -0.39 is 11.5 Å². The number of hydrogen-bond acceptors (Lipinski definition) is 6. The van der Waals surface area contributed by atoms with Crippen LogP contribution in [0.5, 0.6) is 5.75 Å². The summed E-state index contributed by atoms with van der Waals surface area (Å²) in [6, 6.07) is 3.68. The van der Waals surface area contributed by atoms with E-state index in [4.69, 9.17) is 4.74 Å². The SMILES string of the molecule is C[C@@H]1CO[C@@H](C)CN1CCn1c(=O)c(C(=O)N[C@H]2CC[C@@H](C)CC2)c(O)c2cccnc21. The number of amides is 1. The van der Waals surface area contributed by atoms with Crippen LogP contribution in [0.2, 0.25) is 0 Å². The molecule has 1 saturated heterocycles. The molecule has 4 rings (SSSR count). The fourth-order valence-corrected chi connectivity index (χ4v) is 4.85. The van der Waals surface area contributed by atoms with Gasteiger partial charge >= 0.3 is 0 Å². The van der Waals surface area contributed by atoms with Crippen LogP contribution in [0.4, 0.5) is 0 Å². The number of pyridine rings is 2. The van der Waals surface area contributed by atoms with E-state index >= 15 is 0 Å². The highest BCUT2D eigenvalue weighted by Gasteiger charge is 2.28. The monoisotopic (exact) mass is 442 g/mol. The van der Waals surface area contributed by atoms with Gasteiger partial charge in [0.25, 0.3) is 11.5 Å². The van der Waals surface area contributed by atoms with Crippen LogP contribution < -0.4 is 10.9 Å². The van der Waals surface area contributed by atoms with Crippen molar-refractivity contribution in [2.45, 2.75) is 71.2 Å². The Hall–Kier alpha value is -2.45. The number of aromatic nitrogens is 2. The van der Waals surface area contributed by atoms with Crippen molar-refractivity contribution in [2.24, 2.45) is 5.92 Å². The van der Waals surface area contributed by atoms with Gasteiger partial charge in [0, 0.05) is 37.9 Å². The zero-order valence-electron chi connectivity index (χ0n) is 19.2. The summed E-state index contributed by atoms with van der Waals surface area (Å²) in [7, 11) is 0. The summed E-state index contributed by atoms with van der Waals surface area (Å²) in [6.45, 7) is 8.81. The van der Waals surface area contributed by atoms with E-state index in [1.807, 2.05) is 6.92 Å². The Kier molecular flexibility index (Phi) is 6.81. The Labute approximate surface area is 188 Å². The van der Waals surface area contributed by atoms with Crippen LogP contribution >= 0.6 is 0 Å². The lowest BCUT2D eigenvalue weighted by molar-refractivity contribution is -0.0501.